The molecule has 2 aromatic rings. The van der Waals surface area contributed by atoms with Crippen molar-refractivity contribution >= 4 is 23.6 Å². The fourth-order valence-corrected chi connectivity index (χ4v) is 2.12. The molecule has 0 radical (unpaired) electrons. The highest BCUT2D eigenvalue weighted by Crippen LogP contribution is 2.13. The van der Waals surface area contributed by atoms with Crippen LogP contribution in [0.5, 0.6) is 0 Å². The van der Waals surface area contributed by atoms with Crippen molar-refractivity contribution in [2.24, 2.45) is 5.10 Å². The molecule has 0 aliphatic carbocycles. The van der Waals surface area contributed by atoms with E-state index in [1.165, 1.54) is 12.1 Å². The van der Waals surface area contributed by atoms with Crippen molar-refractivity contribution in [3.8, 4) is 0 Å². The van der Waals surface area contributed by atoms with Crippen LogP contribution in [0.15, 0.2) is 53.6 Å². The van der Waals surface area contributed by atoms with E-state index in [2.05, 4.69) is 15.4 Å². The van der Waals surface area contributed by atoms with Gasteiger partial charge >= 0.3 is 5.97 Å². The van der Waals surface area contributed by atoms with Gasteiger partial charge in [-0.2, -0.15) is 5.10 Å². The summed E-state index contributed by atoms with van der Waals surface area (Å²) in [7, 11) is 1.99. The average molecular weight is 327 g/mol. The van der Waals surface area contributed by atoms with Crippen LogP contribution in [-0.4, -0.2) is 42.6 Å². The van der Waals surface area contributed by atoms with E-state index < -0.39 is 5.97 Å². The fraction of sp³-hybridized carbons (Fsp3) is 0.222. The molecule has 0 spiro atoms. The first-order chi connectivity index (χ1) is 11.6. The zero-order valence-corrected chi connectivity index (χ0v) is 13.5. The van der Waals surface area contributed by atoms with Gasteiger partial charge < -0.3 is 15.1 Å². The van der Waals surface area contributed by atoms with Crippen molar-refractivity contribution in [1.82, 2.24) is 0 Å². The first kappa shape index (κ1) is 17.5. The Labute approximate surface area is 141 Å². The van der Waals surface area contributed by atoms with Crippen LogP contribution in [0, 0.1) is 0 Å². The number of aliphatic hydroxyl groups excluding tert-OH is 1. The average Bonchev–Trinajstić information content (AvgIpc) is 2.60. The Balaban J connectivity index is 1.91. The summed E-state index contributed by atoms with van der Waals surface area (Å²) in [5.41, 5.74) is 5.85. The third-order valence-electron chi connectivity index (χ3n) is 3.52. The van der Waals surface area contributed by atoms with Gasteiger partial charge in [0, 0.05) is 25.9 Å². The lowest BCUT2D eigenvalue weighted by atomic mass is 10.2. The summed E-state index contributed by atoms with van der Waals surface area (Å²) < 4.78 is 0. The Kier molecular flexibility index (Phi) is 6.33. The summed E-state index contributed by atoms with van der Waals surface area (Å²) in [5.74, 6) is -0.950. The molecule has 0 heterocycles. The molecule has 0 aliphatic heterocycles. The third-order valence-corrected chi connectivity index (χ3v) is 3.52. The molecule has 0 unspecified atom stereocenters. The molecular weight excluding hydrogens is 306 g/mol. The molecule has 0 saturated carbocycles. The van der Waals surface area contributed by atoms with Crippen molar-refractivity contribution < 1.29 is 15.0 Å². The first-order valence-electron chi connectivity index (χ1n) is 7.64. The van der Waals surface area contributed by atoms with E-state index in [1.54, 1.807) is 18.3 Å². The molecule has 0 saturated heterocycles. The topological polar surface area (TPSA) is 85.2 Å². The van der Waals surface area contributed by atoms with Crippen molar-refractivity contribution in [1.29, 1.82) is 0 Å². The van der Waals surface area contributed by atoms with E-state index in [0.717, 1.165) is 29.9 Å². The Morgan fingerprint density at radius 2 is 1.83 bits per heavy atom. The van der Waals surface area contributed by atoms with Crippen molar-refractivity contribution in [3.63, 3.8) is 0 Å². The normalized spacial score (nSPS) is 10.8. The number of aromatic carboxylic acids is 1. The first-order valence-corrected chi connectivity index (χ1v) is 7.64. The third kappa shape index (κ3) is 5.10. The highest BCUT2D eigenvalue weighted by Gasteiger charge is 2.01. The zero-order chi connectivity index (χ0) is 17.4. The number of carboxylic acid groups (broad SMARTS) is 1. The minimum atomic E-state index is -0.950. The van der Waals surface area contributed by atoms with Gasteiger partial charge in [-0.3, -0.25) is 5.43 Å². The van der Waals surface area contributed by atoms with Gasteiger partial charge in [0.2, 0.25) is 0 Å². The SMILES string of the molecule is CN(CCCO)c1ccc(C=NNc2ccc(C(=O)O)cc2)cc1. The second-order valence-electron chi connectivity index (χ2n) is 5.34. The molecule has 126 valence electrons. The Bertz CT molecular complexity index is 682. The van der Waals surface area contributed by atoms with Gasteiger partial charge in [0.1, 0.15) is 0 Å². The number of aliphatic hydroxyl groups is 1. The number of carboxylic acids is 1. The maximum absolute atomic E-state index is 10.8. The number of rotatable bonds is 8. The van der Waals surface area contributed by atoms with Crippen molar-refractivity contribution in [3.05, 3.63) is 59.7 Å². The van der Waals surface area contributed by atoms with E-state index in [9.17, 15) is 4.79 Å². The number of carbonyl (C=O) groups is 1. The van der Waals surface area contributed by atoms with Gasteiger partial charge in [-0.25, -0.2) is 4.79 Å². The predicted octanol–water partition coefficient (Wildman–Crippen LogP) is 2.65. The maximum atomic E-state index is 10.8. The number of anilines is 2. The van der Waals surface area contributed by atoms with Gasteiger partial charge in [-0.05, 0) is 48.4 Å². The van der Waals surface area contributed by atoms with Gasteiger partial charge in [-0.15, -0.1) is 0 Å². The lowest BCUT2D eigenvalue weighted by molar-refractivity contribution is 0.0697. The number of hydrogen-bond donors (Lipinski definition) is 3. The standard InChI is InChI=1S/C18H21N3O3/c1-21(11-2-12-22)17-9-3-14(4-10-17)13-19-20-16-7-5-15(6-8-16)18(23)24/h3-10,13,20,22H,2,11-12H2,1H3,(H,23,24). The second-order valence-corrected chi connectivity index (χ2v) is 5.34. The summed E-state index contributed by atoms with van der Waals surface area (Å²) >= 11 is 0. The van der Waals surface area contributed by atoms with E-state index in [4.69, 9.17) is 10.2 Å². The van der Waals surface area contributed by atoms with Crippen molar-refractivity contribution in [2.45, 2.75) is 6.42 Å². The van der Waals surface area contributed by atoms with Crippen LogP contribution in [0.4, 0.5) is 11.4 Å². The zero-order valence-electron chi connectivity index (χ0n) is 13.5. The van der Waals surface area contributed by atoms with Crippen LogP contribution >= 0.6 is 0 Å². The molecule has 24 heavy (non-hydrogen) atoms. The number of hydrogen-bond acceptors (Lipinski definition) is 5. The largest absolute Gasteiger partial charge is 0.478 e. The molecule has 2 rings (SSSR count). The minimum Gasteiger partial charge on any atom is -0.478 e. The molecule has 0 aliphatic rings. The van der Waals surface area contributed by atoms with Crippen molar-refractivity contribution in [2.75, 3.05) is 30.5 Å². The molecule has 0 aromatic heterocycles. The van der Waals surface area contributed by atoms with Crippen LogP contribution in [0.2, 0.25) is 0 Å². The summed E-state index contributed by atoms with van der Waals surface area (Å²) in [6, 6.07) is 14.3. The van der Waals surface area contributed by atoms with Crippen LogP contribution in [0.3, 0.4) is 0 Å². The van der Waals surface area contributed by atoms with Gasteiger partial charge in [0.15, 0.2) is 0 Å². The lowest BCUT2D eigenvalue weighted by Crippen LogP contribution is -2.19. The Hall–Kier alpha value is -2.86. The number of nitrogens with zero attached hydrogens (tertiary/aromatic N) is 2. The highest BCUT2D eigenvalue weighted by molar-refractivity contribution is 5.88. The summed E-state index contributed by atoms with van der Waals surface area (Å²) in [5, 5.41) is 21.8. The van der Waals surface area contributed by atoms with E-state index in [1.807, 2.05) is 31.3 Å². The quantitative estimate of drug-likeness (QED) is 0.513. The number of hydrazone groups is 1. The number of nitrogens with one attached hydrogen (secondary N) is 1. The summed E-state index contributed by atoms with van der Waals surface area (Å²) in [6.45, 7) is 0.992. The van der Waals surface area contributed by atoms with Crippen LogP contribution in [0.1, 0.15) is 22.3 Å². The van der Waals surface area contributed by atoms with Crippen LogP contribution in [0.25, 0.3) is 0 Å². The van der Waals surface area contributed by atoms with E-state index >= 15 is 0 Å². The predicted molar refractivity (Wildman–Crippen MR) is 96.0 cm³/mol. The molecule has 6 heteroatoms. The Morgan fingerprint density at radius 3 is 2.42 bits per heavy atom. The smallest absolute Gasteiger partial charge is 0.335 e. The molecular formula is C18H21N3O3. The highest BCUT2D eigenvalue weighted by atomic mass is 16.4. The minimum absolute atomic E-state index is 0.189. The molecule has 2 aromatic carbocycles. The van der Waals surface area contributed by atoms with Gasteiger partial charge in [-0.1, -0.05) is 12.1 Å². The summed E-state index contributed by atoms with van der Waals surface area (Å²) in [6.07, 6.45) is 2.44. The van der Waals surface area contributed by atoms with Gasteiger partial charge in [0.05, 0.1) is 17.5 Å². The van der Waals surface area contributed by atoms with E-state index in [-0.39, 0.29) is 12.2 Å². The molecule has 0 fully saturated rings. The Morgan fingerprint density at radius 1 is 1.17 bits per heavy atom. The fourth-order valence-electron chi connectivity index (χ4n) is 2.12. The van der Waals surface area contributed by atoms with Crippen LogP contribution in [-0.2, 0) is 0 Å². The molecule has 3 N–H and O–H groups in total. The summed E-state index contributed by atoms with van der Waals surface area (Å²) in [4.78, 5) is 12.9. The van der Waals surface area contributed by atoms with Gasteiger partial charge in [0.25, 0.3) is 0 Å². The molecule has 0 bridgehead atoms. The lowest BCUT2D eigenvalue weighted by Gasteiger charge is -2.18. The molecule has 0 atom stereocenters. The second kappa shape index (κ2) is 8.69. The number of benzene rings is 2. The molecule has 6 nitrogen and oxygen atoms in total. The molecule has 0 amide bonds. The van der Waals surface area contributed by atoms with E-state index in [0.29, 0.717) is 0 Å². The van der Waals surface area contributed by atoms with Crippen LogP contribution < -0.4 is 10.3 Å². The monoisotopic (exact) mass is 327 g/mol. The maximum Gasteiger partial charge on any atom is 0.335 e.